The van der Waals surface area contributed by atoms with Crippen LogP contribution in [-0.4, -0.2) is 18.9 Å². The highest BCUT2D eigenvalue weighted by Crippen LogP contribution is 2.11. The summed E-state index contributed by atoms with van der Waals surface area (Å²) in [6, 6.07) is 5.55. The van der Waals surface area contributed by atoms with E-state index in [2.05, 4.69) is 10.6 Å². The summed E-state index contributed by atoms with van der Waals surface area (Å²) in [7, 11) is 1.47. The number of carbonyl (C=O) groups is 2. The number of Topliss-reactive ketones (excluding diaryl/α,β-unsaturated/α-hetero) is 1. The minimum Gasteiger partial charge on any atom is -0.341 e. The largest absolute Gasteiger partial charge is 0.341 e. The lowest BCUT2D eigenvalue weighted by Crippen LogP contribution is -2.24. The third-order valence-electron chi connectivity index (χ3n) is 1.35. The van der Waals surface area contributed by atoms with E-state index < -0.39 is 11.8 Å². The van der Waals surface area contributed by atoms with Crippen LogP contribution in [0.25, 0.3) is 0 Å². The van der Waals surface area contributed by atoms with Gasteiger partial charge in [-0.2, -0.15) is 0 Å². The third-order valence-corrected chi connectivity index (χ3v) is 1.35. The minimum absolute atomic E-state index is 0.167. The molecule has 2 amide bonds. The summed E-state index contributed by atoms with van der Waals surface area (Å²) < 4.78 is 12.8. The van der Waals surface area contributed by atoms with Gasteiger partial charge in [0, 0.05) is 7.05 Å². The number of hydrogen-bond donors (Lipinski definition) is 2. The fourth-order valence-corrected chi connectivity index (χ4v) is 0.747. The minimum atomic E-state index is -0.443. The van der Waals surface area contributed by atoms with Gasteiger partial charge in [0.15, 0.2) is 0 Å². The Kier molecular flexibility index (Phi) is 6.51. The maximum Gasteiger partial charge on any atom is 0.319 e. The number of carbonyl (C=O) groups excluding carboxylic acids is 2. The van der Waals surface area contributed by atoms with E-state index in [9.17, 15) is 14.0 Å². The lowest BCUT2D eigenvalue weighted by Gasteiger charge is -2.03. The summed E-state index contributed by atoms with van der Waals surface area (Å²) in [4.78, 5) is 20.2. The Morgan fingerprint density at radius 1 is 1.19 bits per heavy atom. The Labute approximate surface area is 93.9 Å². The highest BCUT2D eigenvalue weighted by molar-refractivity contribution is 5.89. The number of amides is 2. The summed E-state index contributed by atoms with van der Waals surface area (Å²) in [6.45, 7) is 3.06. The van der Waals surface area contributed by atoms with E-state index in [0.29, 0.717) is 0 Å². The van der Waals surface area contributed by atoms with Crippen LogP contribution in [0.15, 0.2) is 24.3 Å². The second kappa shape index (κ2) is 7.39. The number of ketones is 1. The molecule has 88 valence electrons. The standard InChI is InChI=1S/C8H9FN2O.C3H6O/c1-10-8(12)11-7-5-3-2-4-6(7)9;1-3(2)4/h2-5H,1H3,(H2,10,11,12);1-2H3. The van der Waals surface area contributed by atoms with E-state index >= 15 is 0 Å². The molecule has 4 nitrogen and oxygen atoms in total. The lowest BCUT2D eigenvalue weighted by molar-refractivity contribution is -0.114. The zero-order valence-electron chi connectivity index (χ0n) is 9.50. The number of nitrogens with one attached hydrogen (secondary N) is 2. The van der Waals surface area contributed by atoms with Crippen molar-refractivity contribution in [2.75, 3.05) is 12.4 Å². The maximum atomic E-state index is 12.8. The average molecular weight is 226 g/mol. The average Bonchev–Trinajstić information content (AvgIpc) is 2.20. The topological polar surface area (TPSA) is 58.2 Å². The smallest absolute Gasteiger partial charge is 0.319 e. The SMILES string of the molecule is CC(C)=O.CNC(=O)Nc1ccccc1F. The first kappa shape index (κ1) is 14.1. The molecule has 1 aromatic rings. The van der Waals surface area contributed by atoms with Gasteiger partial charge < -0.3 is 15.4 Å². The molecule has 0 atom stereocenters. The van der Waals surface area contributed by atoms with Gasteiger partial charge in [-0.05, 0) is 26.0 Å². The molecule has 0 spiro atoms. The molecule has 0 aliphatic heterocycles. The predicted molar refractivity (Wildman–Crippen MR) is 60.8 cm³/mol. The van der Waals surface area contributed by atoms with Crippen molar-refractivity contribution < 1.29 is 14.0 Å². The van der Waals surface area contributed by atoms with Gasteiger partial charge >= 0.3 is 6.03 Å². The number of hydrogen-bond acceptors (Lipinski definition) is 2. The van der Waals surface area contributed by atoms with E-state index in [1.54, 1.807) is 12.1 Å². The monoisotopic (exact) mass is 226 g/mol. The zero-order valence-corrected chi connectivity index (χ0v) is 9.50. The van der Waals surface area contributed by atoms with Gasteiger partial charge in [-0.25, -0.2) is 9.18 Å². The first-order valence-corrected chi connectivity index (χ1v) is 4.67. The second-order valence-corrected chi connectivity index (χ2v) is 3.09. The molecular weight excluding hydrogens is 211 g/mol. The molecule has 0 fully saturated rings. The Bertz CT molecular complexity index is 363. The van der Waals surface area contributed by atoms with Crippen LogP contribution in [-0.2, 0) is 4.79 Å². The molecule has 5 heteroatoms. The Hall–Kier alpha value is -1.91. The van der Waals surface area contributed by atoms with E-state index in [-0.39, 0.29) is 11.5 Å². The number of urea groups is 1. The summed E-state index contributed by atoms with van der Waals surface area (Å²) in [5.74, 6) is -0.277. The number of para-hydroxylation sites is 1. The van der Waals surface area contributed by atoms with Gasteiger partial charge in [0.1, 0.15) is 11.6 Å². The predicted octanol–water partition coefficient (Wildman–Crippen LogP) is 2.17. The third kappa shape index (κ3) is 6.53. The summed E-state index contributed by atoms with van der Waals surface area (Å²) >= 11 is 0. The van der Waals surface area contributed by atoms with Crippen LogP contribution in [0.5, 0.6) is 0 Å². The molecule has 0 bridgehead atoms. The van der Waals surface area contributed by atoms with Gasteiger partial charge in [0.05, 0.1) is 5.69 Å². The quantitative estimate of drug-likeness (QED) is 0.771. The molecule has 0 heterocycles. The van der Waals surface area contributed by atoms with Crippen molar-refractivity contribution >= 4 is 17.5 Å². The second-order valence-electron chi connectivity index (χ2n) is 3.09. The van der Waals surface area contributed by atoms with E-state index in [1.165, 1.54) is 33.0 Å². The molecule has 0 saturated carbocycles. The van der Waals surface area contributed by atoms with Crippen LogP contribution >= 0.6 is 0 Å². The Balaban J connectivity index is 0.000000487. The van der Waals surface area contributed by atoms with Gasteiger partial charge in [0.25, 0.3) is 0 Å². The van der Waals surface area contributed by atoms with Crippen molar-refractivity contribution in [2.24, 2.45) is 0 Å². The van der Waals surface area contributed by atoms with Crippen molar-refractivity contribution in [1.29, 1.82) is 0 Å². The van der Waals surface area contributed by atoms with E-state index in [0.717, 1.165) is 0 Å². The van der Waals surface area contributed by atoms with Crippen LogP contribution in [0.4, 0.5) is 14.9 Å². The highest BCUT2D eigenvalue weighted by atomic mass is 19.1. The van der Waals surface area contributed by atoms with Crippen LogP contribution in [0.2, 0.25) is 0 Å². The molecule has 0 radical (unpaired) electrons. The maximum absolute atomic E-state index is 12.8. The normalized spacial score (nSPS) is 8.50. The van der Waals surface area contributed by atoms with Gasteiger partial charge in [0.2, 0.25) is 0 Å². The van der Waals surface area contributed by atoms with Crippen molar-refractivity contribution in [1.82, 2.24) is 5.32 Å². The molecule has 0 aliphatic carbocycles. The molecule has 1 rings (SSSR count). The number of rotatable bonds is 1. The van der Waals surface area contributed by atoms with Gasteiger partial charge in [-0.3, -0.25) is 0 Å². The number of halogens is 1. The number of anilines is 1. The Morgan fingerprint density at radius 3 is 2.12 bits per heavy atom. The van der Waals surface area contributed by atoms with Crippen molar-refractivity contribution in [2.45, 2.75) is 13.8 Å². The molecule has 0 saturated heterocycles. The fraction of sp³-hybridized carbons (Fsp3) is 0.273. The molecule has 1 aromatic carbocycles. The lowest BCUT2D eigenvalue weighted by atomic mass is 10.3. The first-order chi connectivity index (χ1) is 7.47. The first-order valence-electron chi connectivity index (χ1n) is 4.67. The van der Waals surface area contributed by atoms with Crippen molar-refractivity contribution in [3.05, 3.63) is 30.1 Å². The molecule has 0 aromatic heterocycles. The number of benzene rings is 1. The summed E-state index contributed by atoms with van der Waals surface area (Å²) in [5.41, 5.74) is 0.178. The van der Waals surface area contributed by atoms with Crippen LogP contribution < -0.4 is 10.6 Å². The van der Waals surface area contributed by atoms with Crippen molar-refractivity contribution in [3.63, 3.8) is 0 Å². The van der Waals surface area contributed by atoms with Gasteiger partial charge in [-0.15, -0.1) is 0 Å². The molecule has 2 N–H and O–H groups in total. The zero-order chi connectivity index (χ0) is 12.6. The van der Waals surface area contributed by atoms with E-state index in [4.69, 9.17) is 0 Å². The summed E-state index contributed by atoms with van der Waals surface area (Å²) in [5, 5.41) is 4.66. The van der Waals surface area contributed by atoms with Crippen LogP contribution in [0.1, 0.15) is 13.8 Å². The van der Waals surface area contributed by atoms with Gasteiger partial charge in [-0.1, -0.05) is 12.1 Å². The highest BCUT2D eigenvalue weighted by Gasteiger charge is 2.02. The summed E-state index contributed by atoms with van der Waals surface area (Å²) in [6.07, 6.45) is 0. The van der Waals surface area contributed by atoms with Crippen LogP contribution in [0.3, 0.4) is 0 Å². The molecule has 16 heavy (non-hydrogen) atoms. The molecule has 0 unspecified atom stereocenters. The van der Waals surface area contributed by atoms with Crippen LogP contribution in [0, 0.1) is 5.82 Å². The fourth-order valence-electron chi connectivity index (χ4n) is 0.747. The van der Waals surface area contributed by atoms with E-state index in [1.807, 2.05) is 0 Å². The Morgan fingerprint density at radius 2 is 1.69 bits per heavy atom. The van der Waals surface area contributed by atoms with Crippen molar-refractivity contribution in [3.8, 4) is 0 Å². The molecule has 0 aliphatic rings. The molecular formula is C11H15FN2O2.